The maximum Gasteiger partial charge on any atom is 0.0168 e. The quantitative estimate of drug-likeness (QED) is 0.759. The summed E-state index contributed by atoms with van der Waals surface area (Å²) in [5, 5.41) is 0. The molecule has 0 aromatic carbocycles. The molecule has 90 valence electrons. The van der Waals surface area contributed by atoms with Crippen LogP contribution in [0.15, 0.2) is 0 Å². The highest BCUT2D eigenvalue weighted by Gasteiger charge is 2.20. The molecule has 15 heavy (non-hydrogen) atoms. The summed E-state index contributed by atoms with van der Waals surface area (Å²) < 4.78 is 0. The minimum absolute atomic E-state index is 0.422. The van der Waals surface area contributed by atoms with E-state index in [4.69, 9.17) is 5.73 Å². The van der Waals surface area contributed by atoms with E-state index in [1.807, 2.05) is 0 Å². The summed E-state index contributed by atoms with van der Waals surface area (Å²) in [5.74, 6) is 0.848. The van der Waals surface area contributed by atoms with Crippen LogP contribution in [0, 0.1) is 5.92 Å². The van der Waals surface area contributed by atoms with Crippen molar-refractivity contribution < 1.29 is 0 Å². The van der Waals surface area contributed by atoms with Crippen molar-refractivity contribution in [3.05, 3.63) is 0 Å². The van der Waals surface area contributed by atoms with Gasteiger partial charge in [0, 0.05) is 18.6 Å². The van der Waals surface area contributed by atoms with Gasteiger partial charge in [0.15, 0.2) is 0 Å². The molecule has 0 amide bonds. The zero-order chi connectivity index (χ0) is 11.3. The van der Waals surface area contributed by atoms with Gasteiger partial charge in [0.05, 0.1) is 0 Å². The second kappa shape index (κ2) is 6.49. The van der Waals surface area contributed by atoms with Crippen molar-refractivity contribution in [3.63, 3.8) is 0 Å². The summed E-state index contributed by atoms with van der Waals surface area (Å²) in [6, 6.07) is 1.15. The second-order valence-corrected chi connectivity index (χ2v) is 5.57. The Morgan fingerprint density at radius 1 is 1.27 bits per heavy atom. The van der Waals surface area contributed by atoms with Crippen molar-refractivity contribution in [2.75, 3.05) is 13.1 Å². The lowest BCUT2D eigenvalue weighted by Gasteiger charge is -2.35. The molecule has 2 heteroatoms. The van der Waals surface area contributed by atoms with Gasteiger partial charge in [0.25, 0.3) is 0 Å². The maximum absolute atomic E-state index is 6.00. The largest absolute Gasteiger partial charge is 0.327 e. The molecular formula is C13H28N2. The fourth-order valence-corrected chi connectivity index (χ4v) is 2.44. The van der Waals surface area contributed by atoms with E-state index in [1.54, 1.807) is 0 Å². The van der Waals surface area contributed by atoms with E-state index in [9.17, 15) is 0 Å². The van der Waals surface area contributed by atoms with Gasteiger partial charge in [0.2, 0.25) is 0 Å². The average molecular weight is 212 g/mol. The Morgan fingerprint density at radius 3 is 2.60 bits per heavy atom. The SMILES string of the molecule is CC(C)CCCC(C)N1CCCC(N)C1. The number of nitrogens with zero attached hydrogens (tertiary/aromatic N) is 1. The van der Waals surface area contributed by atoms with Crippen LogP contribution < -0.4 is 5.73 Å². The number of piperidine rings is 1. The molecule has 1 heterocycles. The van der Waals surface area contributed by atoms with Crippen LogP contribution in [-0.4, -0.2) is 30.1 Å². The summed E-state index contributed by atoms with van der Waals surface area (Å²) >= 11 is 0. The molecule has 0 aromatic heterocycles. The van der Waals surface area contributed by atoms with E-state index in [1.165, 1.54) is 38.6 Å². The minimum Gasteiger partial charge on any atom is -0.327 e. The molecule has 1 aliphatic heterocycles. The first-order valence-electron chi connectivity index (χ1n) is 6.59. The fraction of sp³-hybridized carbons (Fsp3) is 1.00. The van der Waals surface area contributed by atoms with Crippen LogP contribution in [-0.2, 0) is 0 Å². The topological polar surface area (TPSA) is 29.3 Å². The number of nitrogens with two attached hydrogens (primary N) is 1. The summed E-state index contributed by atoms with van der Waals surface area (Å²) in [6.45, 7) is 9.35. The van der Waals surface area contributed by atoms with Gasteiger partial charge in [-0.2, -0.15) is 0 Å². The van der Waals surface area contributed by atoms with E-state index >= 15 is 0 Å². The molecule has 1 aliphatic rings. The lowest BCUT2D eigenvalue weighted by atomic mass is 10.00. The zero-order valence-electron chi connectivity index (χ0n) is 10.7. The fourth-order valence-electron chi connectivity index (χ4n) is 2.44. The molecule has 1 fully saturated rings. The van der Waals surface area contributed by atoms with Crippen molar-refractivity contribution in [1.82, 2.24) is 4.90 Å². The Kier molecular flexibility index (Phi) is 5.62. The molecule has 0 spiro atoms. The van der Waals surface area contributed by atoms with Gasteiger partial charge in [-0.3, -0.25) is 4.90 Å². The lowest BCUT2D eigenvalue weighted by Crippen LogP contribution is -2.46. The first-order valence-corrected chi connectivity index (χ1v) is 6.59. The van der Waals surface area contributed by atoms with Gasteiger partial charge < -0.3 is 5.73 Å². The third-order valence-corrected chi connectivity index (χ3v) is 3.52. The van der Waals surface area contributed by atoms with Crippen molar-refractivity contribution in [2.45, 2.75) is 65.0 Å². The summed E-state index contributed by atoms with van der Waals surface area (Å²) in [6.07, 6.45) is 6.57. The first kappa shape index (κ1) is 13.0. The Labute approximate surface area is 95.2 Å². The van der Waals surface area contributed by atoms with E-state index in [2.05, 4.69) is 25.7 Å². The van der Waals surface area contributed by atoms with Crippen LogP contribution in [0.4, 0.5) is 0 Å². The van der Waals surface area contributed by atoms with Crippen LogP contribution in [0.1, 0.15) is 52.9 Å². The molecule has 2 unspecified atom stereocenters. The summed E-state index contributed by atoms with van der Waals surface area (Å²) in [4.78, 5) is 2.58. The predicted molar refractivity (Wildman–Crippen MR) is 66.9 cm³/mol. The van der Waals surface area contributed by atoms with Gasteiger partial charge in [-0.05, 0) is 38.6 Å². The molecule has 2 N–H and O–H groups in total. The maximum atomic E-state index is 6.00. The standard InChI is InChI=1S/C13H28N2/c1-11(2)6-4-7-12(3)15-9-5-8-13(14)10-15/h11-13H,4-10,14H2,1-3H3. The van der Waals surface area contributed by atoms with Crippen LogP contribution >= 0.6 is 0 Å². The normalized spacial score (nSPS) is 25.8. The van der Waals surface area contributed by atoms with Gasteiger partial charge in [-0.25, -0.2) is 0 Å². The number of hydrogen-bond donors (Lipinski definition) is 1. The average Bonchev–Trinajstić information content (AvgIpc) is 2.17. The molecule has 0 aliphatic carbocycles. The van der Waals surface area contributed by atoms with Crippen LogP contribution in [0.25, 0.3) is 0 Å². The third-order valence-electron chi connectivity index (χ3n) is 3.52. The molecule has 1 saturated heterocycles. The Hall–Kier alpha value is -0.0800. The molecule has 1 rings (SSSR count). The number of hydrogen-bond acceptors (Lipinski definition) is 2. The zero-order valence-corrected chi connectivity index (χ0v) is 10.7. The molecule has 0 aromatic rings. The molecule has 0 saturated carbocycles. The minimum atomic E-state index is 0.422. The predicted octanol–water partition coefficient (Wildman–Crippen LogP) is 2.62. The van der Waals surface area contributed by atoms with Crippen LogP contribution in [0.5, 0.6) is 0 Å². The van der Waals surface area contributed by atoms with Crippen molar-refractivity contribution in [1.29, 1.82) is 0 Å². The lowest BCUT2D eigenvalue weighted by molar-refractivity contribution is 0.149. The first-order chi connectivity index (χ1) is 7.09. The van der Waals surface area contributed by atoms with Crippen molar-refractivity contribution in [2.24, 2.45) is 11.7 Å². The molecule has 2 nitrogen and oxygen atoms in total. The summed E-state index contributed by atoms with van der Waals surface area (Å²) in [7, 11) is 0. The van der Waals surface area contributed by atoms with Crippen molar-refractivity contribution in [3.8, 4) is 0 Å². The number of likely N-dealkylation sites (tertiary alicyclic amines) is 1. The number of rotatable bonds is 5. The van der Waals surface area contributed by atoms with E-state index in [0.29, 0.717) is 6.04 Å². The molecule has 0 radical (unpaired) electrons. The Bertz CT molecular complexity index is 168. The summed E-state index contributed by atoms with van der Waals surface area (Å²) in [5.41, 5.74) is 6.00. The Balaban J connectivity index is 2.17. The van der Waals surface area contributed by atoms with Gasteiger partial charge in [-0.1, -0.05) is 26.7 Å². The smallest absolute Gasteiger partial charge is 0.0168 e. The van der Waals surface area contributed by atoms with Crippen LogP contribution in [0.3, 0.4) is 0 Å². The van der Waals surface area contributed by atoms with E-state index in [0.717, 1.165) is 18.5 Å². The Morgan fingerprint density at radius 2 is 2.00 bits per heavy atom. The highest BCUT2D eigenvalue weighted by atomic mass is 15.2. The van der Waals surface area contributed by atoms with E-state index in [-0.39, 0.29) is 0 Å². The van der Waals surface area contributed by atoms with E-state index < -0.39 is 0 Å². The van der Waals surface area contributed by atoms with Gasteiger partial charge in [0.1, 0.15) is 0 Å². The molecule has 2 atom stereocenters. The highest BCUT2D eigenvalue weighted by molar-refractivity contribution is 4.78. The van der Waals surface area contributed by atoms with Crippen LogP contribution in [0.2, 0.25) is 0 Å². The molecule has 0 bridgehead atoms. The second-order valence-electron chi connectivity index (χ2n) is 5.57. The highest BCUT2D eigenvalue weighted by Crippen LogP contribution is 2.16. The van der Waals surface area contributed by atoms with Crippen molar-refractivity contribution >= 4 is 0 Å². The molecular weight excluding hydrogens is 184 g/mol. The van der Waals surface area contributed by atoms with Gasteiger partial charge in [-0.15, -0.1) is 0 Å². The van der Waals surface area contributed by atoms with Gasteiger partial charge >= 0.3 is 0 Å². The third kappa shape index (κ3) is 4.98. The monoisotopic (exact) mass is 212 g/mol.